The fraction of sp³-hybridized carbons (Fsp3) is 0.176. The van der Waals surface area contributed by atoms with Crippen LogP contribution in [0.1, 0.15) is 45.8 Å². The molecule has 0 saturated carbocycles. The zero-order valence-electron chi connectivity index (χ0n) is 25.4. The number of halogens is 1. The predicted octanol–water partition coefficient (Wildman–Crippen LogP) is 7.68. The number of nitro groups is 1. The molecule has 5 rings (SSSR count). The van der Waals surface area contributed by atoms with Gasteiger partial charge in [0.1, 0.15) is 24.7 Å². The number of hydrogen-bond donors (Lipinski definition) is 1. The molecule has 1 N–H and O–H groups in total. The first-order valence-corrected chi connectivity index (χ1v) is 15.1. The highest BCUT2D eigenvalue weighted by molar-refractivity contribution is 9.10. The molecule has 2 aromatic heterocycles. The topological polar surface area (TPSA) is 130 Å². The van der Waals surface area contributed by atoms with E-state index in [1.807, 2.05) is 31.2 Å². The van der Waals surface area contributed by atoms with Gasteiger partial charge in [-0.1, -0.05) is 0 Å². The molecule has 0 aliphatic carbocycles. The number of hydrazone groups is 1. The number of non-ortho nitro benzene ring substituents is 1. The van der Waals surface area contributed by atoms with Gasteiger partial charge in [-0.05, 0) is 115 Å². The van der Waals surface area contributed by atoms with Crippen LogP contribution in [0.15, 0.2) is 98.9 Å². The van der Waals surface area contributed by atoms with Gasteiger partial charge in [0.15, 0.2) is 17.3 Å². The summed E-state index contributed by atoms with van der Waals surface area (Å²) in [6.45, 7) is 6.71. The van der Waals surface area contributed by atoms with E-state index in [0.29, 0.717) is 39.7 Å². The summed E-state index contributed by atoms with van der Waals surface area (Å²) in [5, 5.41) is 15.0. The number of benzene rings is 3. The molecular weight excluding hydrogens is 656 g/mol. The molecule has 0 aliphatic rings. The van der Waals surface area contributed by atoms with Crippen molar-refractivity contribution in [2.45, 2.75) is 34.0 Å². The number of ether oxygens (including phenoxy) is 3. The molecule has 0 spiro atoms. The SMILES string of the molecule is CCOc1cc(/C=N/NC(=O)c2ccc(COc3ccc(-n4c(C)ccc4C)cc3)o2)c(Br)cc1OCc1ccc([N+](=O)[O-])cc1. The van der Waals surface area contributed by atoms with Gasteiger partial charge in [0.25, 0.3) is 5.69 Å². The van der Waals surface area contributed by atoms with Crippen molar-refractivity contribution in [2.75, 3.05) is 6.61 Å². The molecule has 0 aliphatic heterocycles. The molecule has 2 heterocycles. The number of nitrogens with zero attached hydrogens (tertiary/aromatic N) is 3. The second-order valence-corrected chi connectivity index (χ2v) is 11.0. The number of nitrogens with one attached hydrogen (secondary N) is 1. The second kappa shape index (κ2) is 14.6. The largest absolute Gasteiger partial charge is 0.490 e. The van der Waals surface area contributed by atoms with E-state index in [4.69, 9.17) is 18.6 Å². The van der Waals surface area contributed by atoms with Crippen molar-refractivity contribution >= 4 is 33.7 Å². The van der Waals surface area contributed by atoms with Crippen molar-refractivity contribution in [3.8, 4) is 22.9 Å². The maximum atomic E-state index is 12.7. The van der Waals surface area contributed by atoms with Crippen molar-refractivity contribution in [3.63, 3.8) is 0 Å². The number of aryl methyl sites for hydroxylation is 2. The van der Waals surface area contributed by atoms with E-state index in [0.717, 1.165) is 22.6 Å². The second-order valence-electron chi connectivity index (χ2n) is 10.2. The van der Waals surface area contributed by atoms with Crippen molar-refractivity contribution < 1.29 is 28.3 Å². The third kappa shape index (κ3) is 7.83. The first kappa shape index (κ1) is 32.0. The number of aromatic nitrogens is 1. The minimum Gasteiger partial charge on any atom is -0.490 e. The minimum atomic E-state index is -0.520. The van der Waals surface area contributed by atoms with Crippen LogP contribution in [-0.4, -0.2) is 28.2 Å². The normalized spacial score (nSPS) is 11.0. The van der Waals surface area contributed by atoms with Gasteiger partial charge in [-0.25, -0.2) is 5.43 Å². The fourth-order valence-electron chi connectivity index (χ4n) is 4.62. The molecule has 46 heavy (non-hydrogen) atoms. The summed E-state index contributed by atoms with van der Waals surface area (Å²) in [7, 11) is 0. The van der Waals surface area contributed by atoms with E-state index >= 15 is 0 Å². The number of amides is 1. The van der Waals surface area contributed by atoms with E-state index in [9.17, 15) is 14.9 Å². The molecular formula is C34H31BrN4O7. The van der Waals surface area contributed by atoms with Gasteiger partial charge in [-0.15, -0.1) is 0 Å². The molecule has 0 atom stereocenters. The lowest BCUT2D eigenvalue weighted by atomic mass is 10.2. The smallest absolute Gasteiger partial charge is 0.307 e. The highest BCUT2D eigenvalue weighted by Crippen LogP contribution is 2.34. The average Bonchev–Trinajstić information content (AvgIpc) is 3.67. The molecule has 1 amide bonds. The van der Waals surface area contributed by atoms with Gasteiger partial charge in [0, 0.05) is 39.2 Å². The highest BCUT2D eigenvalue weighted by atomic mass is 79.9. The van der Waals surface area contributed by atoms with E-state index < -0.39 is 10.8 Å². The monoisotopic (exact) mass is 686 g/mol. The number of carbonyl (C=O) groups is 1. The van der Waals surface area contributed by atoms with Crippen LogP contribution in [0.25, 0.3) is 5.69 Å². The molecule has 0 unspecified atom stereocenters. The maximum absolute atomic E-state index is 12.7. The molecule has 12 heteroatoms. The van der Waals surface area contributed by atoms with Gasteiger partial charge in [0.2, 0.25) is 0 Å². The van der Waals surface area contributed by atoms with Crippen LogP contribution in [0.5, 0.6) is 17.2 Å². The molecule has 11 nitrogen and oxygen atoms in total. The van der Waals surface area contributed by atoms with E-state index in [1.54, 1.807) is 36.4 Å². The lowest BCUT2D eigenvalue weighted by Gasteiger charge is -2.14. The first-order valence-electron chi connectivity index (χ1n) is 14.3. The summed E-state index contributed by atoms with van der Waals surface area (Å²) in [5.74, 6) is 1.69. The Hall–Kier alpha value is -5.36. The minimum absolute atomic E-state index is 0.00900. The number of carbonyl (C=O) groups excluding carboxylic acids is 1. The van der Waals surface area contributed by atoms with Crippen molar-refractivity contribution in [3.05, 3.63) is 134 Å². The van der Waals surface area contributed by atoms with Crippen LogP contribution in [0.2, 0.25) is 0 Å². The molecule has 3 aromatic carbocycles. The lowest BCUT2D eigenvalue weighted by Crippen LogP contribution is -2.16. The van der Waals surface area contributed by atoms with Gasteiger partial charge in [-0.3, -0.25) is 14.9 Å². The van der Waals surface area contributed by atoms with Crippen molar-refractivity contribution in [1.82, 2.24) is 9.99 Å². The summed E-state index contributed by atoms with van der Waals surface area (Å²) >= 11 is 3.51. The molecule has 0 fully saturated rings. The van der Waals surface area contributed by atoms with Crippen molar-refractivity contribution in [1.29, 1.82) is 0 Å². The van der Waals surface area contributed by atoms with Gasteiger partial charge in [-0.2, -0.15) is 5.10 Å². The molecule has 0 saturated heterocycles. The fourth-order valence-corrected chi connectivity index (χ4v) is 5.05. The summed E-state index contributed by atoms with van der Waals surface area (Å²) in [6, 6.07) is 24.8. The molecule has 0 radical (unpaired) electrons. The number of furan rings is 1. The first-order chi connectivity index (χ1) is 22.2. The van der Waals surface area contributed by atoms with Crippen molar-refractivity contribution in [2.24, 2.45) is 5.10 Å². The van der Waals surface area contributed by atoms with Crippen LogP contribution in [-0.2, 0) is 13.2 Å². The standard InChI is InChI=1S/C34H31BrN4O7/c1-4-43-32-17-25(30(35)18-33(32)45-20-24-7-9-27(10-8-24)39(41)42)19-36-37-34(40)31-16-15-29(46-31)21-44-28-13-11-26(12-14-28)38-22(2)5-6-23(38)3/h5-19H,4,20-21H2,1-3H3,(H,37,40)/b36-19+. The summed E-state index contributed by atoms with van der Waals surface area (Å²) in [6.07, 6.45) is 1.47. The van der Waals surface area contributed by atoms with Gasteiger partial charge >= 0.3 is 5.91 Å². The third-order valence-electron chi connectivity index (χ3n) is 6.91. The Balaban J connectivity index is 1.15. The predicted molar refractivity (Wildman–Crippen MR) is 176 cm³/mol. The molecule has 236 valence electrons. The maximum Gasteiger partial charge on any atom is 0.307 e. The third-order valence-corrected chi connectivity index (χ3v) is 7.59. The Morgan fingerprint density at radius 3 is 2.30 bits per heavy atom. The van der Waals surface area contributed by atoms with Gasteiger partial charge in [0.05, 0.1) is 17.7 Å². The van der Waals surface area contributed by atoms with Crippen LogP contribution in [0, 0.1) is 24.0 Å². The summed E-state index contributed by atoms with van der Waals surface area (Å²) in [4.78, 5) is 23.1. The number of hydrogen-bond acceptors (Lipinski definition) is 8. The summed E-state index contributed by atoms with van der Waals surface area (Å²) in [5.41, 5.74) is 7.23. The Morgan fingerprint density at radius 2 is 1.63 bits per heavy atom. The number of nitro benzene ring substituents is 1. The molecule has 0 bridgehead atoms. The van der Waals surface area contributed by atoms with Crippen LogP contribution in [0.4, 0.5) is 5.69 Å². The quantitative estimate of drug-likeness (QED) is 0.0764. The van der Waals surface area contributed by atoms with E-state index in [-0.39, 0.29) is 24.7 Å². The van der Waals surface area contributed by atoms with Crippen LogP contribution >= 0.6 is 15.9 Å². The Bertz CT molecular complexity index is 1840. The Labute approximate surface area is 273 Å². The zero-order valence-corrected chi connectivity index (χ0v) is 26.9. The van der Waals surface area contributed by atoms with E-state index in [1.165, 1.54) is 18.3 Å². The highest BCUT2D eigenvalue weighted by Gasteiger charge is 2.14. The van der Waals surface area contributed by atoms with Crippen LogP contribution < -0.4 is 19.6 Å². The average molecular weight is 688 g/mol. The number of rotatable bonds is 13. The lowest BCUT2D eigenvalue weighted by molar-refractivity contribution is -0.384. The van der Waals surface area contributed by atoms with E-state index in [2.05, 4.69) is 57.0 Å². The van der Waals surface area contributed by atoms with Gasteiger partial charge < -0.3 is 23.2 Å². The van der Waals surface area contributed by atoms with Crippen LogP contribution in [0.3, 0.4) is 0 Å². The zero-order chi connectivity index (χ0) is 32.6. The Kier molecular flexibility index (Phi) is 10.2. The molecule has 5 aromatic rings. The Morgan fingerprint density at radius 1 is 0.935 bits per heavy atom. The summed E-state index contributed by atoms with van der Waals surface area (Å²) < 4.78 is 26.0.